The zero-order valence-electron chi connectivity index (χ0n) is 9.31. The van der Waals surface area contributed by atoms with Crippen LogP contribution in [0.25, 0.3) is 0 Å². The molecule has 0 heterocycles. The van der Waals surface area contributed by atoms with E-state index in [1.165, 1.54) is 0 Å². The van der Waals surface area contributed by atoms with Crippen molar-refractivity contribution in [1.29, 1.82) is 0 Å². The lowest BCUT2D eigenvalue weighted by atomic mass is 10.3. The predicted molar refractivity (Wildman–Crippen MR) is 60.0 cm³/mol. The summed E-state index contributed by atoms with van der Waals surface area (Å²) in [6.07, 6.45) is 0.638. The van der Waals surface area contributed by atoms with Gasteiger partial charge in [-0.3, -0.25) is 4.79 Å². The molecular weight excluding hydrogens is 208 g/mol. The Morgan fingerprint density at radius 1 is 1.31 bits per heavy atom. The second kappa shape index (κ2) is 6.71. The second-order valence-corrected chi connectivity index (χ2v) is 3.25. The first-order valence-corrected chi connectivity index (χ1v) is 5.30. The molecule has 0 spiro atoms. The number of aliphatic carboxylic acids is 1. The maximum absolute atomic E-state index is 10.3. The highest BCUT2D eigenvalue weighted by Crippen LogP contribution is 2.19. The number of carboxylic acid groups (broad SMARTS) is 1. The van der Waals surface area contributed by atoms with Crippen LogP contribution in [0.1, 0.15) is 19.8 Å². The van der Waals surface area contributed by atoms with Gasteiger partial charge in [-0.1, -0.05) is 6.07 Å². The van der Waals surface area contributed by atoms with Crippen LogP contribution < -0.4 is 9.47 Å². The fraction of sp³-hybridized carbons (Fsp3) is 0.417. The van der Waals surface area contributed by atoms with Gasteiger partial charge >= 0.3 is 5.97 Å². The van der Waals surface area contributed by atoms with Crippen molar-refractivity contribution in [2.24, 2.45) is 0 Å². The number of rotatable bonds is 7. The lowest BCUT2D eigenvalue weighted by Gasteiger charge is -2.07. The third-order valence-corrected chi connectivity index (χ3v) is 1.92. The van der Waals surface area contributed by atoms with Crippen molar-refractivity contribution in [3.05, 3.63) is 24.3 Å². The number of hydrogen-bond donors (Lipinski definition) is 1. The third-order valence-electron chi connectivity index (χ3n) is 1.92. The maximum atomic E-state index is 10.3. The van der Waals surface area contributed by atoms with Crippen LogP contribution in [0.4, 0.5) is 0 Å². The van der Waals surface area contributed by atoms with Gasteiger partial charge in [0.1, 0.15) is 11.5 Å². The maximum Gasteiger partial charge on any atom is 0.303 e. The van der Waals surface area contributed by atoms with Crippen molar-refractivity contribution in [3.8, 4) is 11.5 Å². The lowest BCUT2D eigenvalue weighted by Crippen LogP contribution is -2.02. The minimum absolute atomic E-state index is 0.130. The SMILES string of the molecule is CCOc1cccc(OCCCC(=O)O)c1. The van der Waals surface area contributed by atoms with Crippen LogP contribution in [-0.2, 0) is 4.79 Å². The van der Waals surface area contributed by atoms with E-state index in [1.54, 1.807) is 6.07 Å². The molecule has 0 atom stereocenters. The molecule has 0 amide bonds. The molecule has 0 saturated heterocycles. The highest BCUT2D eigenvalue weighted by atomic mass is 16.5. The summed E-state index contributed by atoms with van der Waals surface area (Å²) >= 11 is 0. The van der Waals surface area contributed by atoms with Crippen LogP contribution in [0.2, 0.25) is 0 Å². The van der Waals surface area contributed by atoms with Crippen LogP contribution in [0.15, 0.2) is 24.3 Å². The van der Waals surface area contributed by atoms with E-state index < -0.39 is 5.97 Å². The van der Waals surface area contributed by atoms with Crippen LogP contribution in [0.5, 0.6) is 11.5 Å². The van der Waals surface area contributed by atoms with E-state index in [0.29, 0.717) is 25.4 Å². The van der Waals surface area contributed by atoms with Gasteiger partial charge in [-0.15, -0.1) is 0 Å². The summed E-state index contributed by atoms with van der Waals surface area (Å²) in [7, 11) is 0. The largest absolute Gasteiger partial charge is 0.494 e. The van der Waals surface area contributed by atoms with Crippen LogP contribution in [0, 0.1) is 0 Å². The van der Waals surface area contributed by atoms with Crippen molar-refractivity contribution in [2.45, 2.75) is 19.8 Å². The van der Waals surface area contributed by atoms with E-state index in [-0.39, 0.29) is 6.42 Å². The van der Waals surface area contributed by atoms with Crippen molar-refractivity contribution in [3.63, 3.8) is 0 Å². The van der Waals surface area contributed by atoms with Crippen LogP contribution in [0.3, 0.4) is 0 Å². The summed E-state index contributed by atoms with van der Waals surface area (Å²) < 4.78 is 10.7. The molecule has 0 bridgehead atoms. The Bertz CT molecular complexity index is 336. The summed E-state index contributed by atoms with van der Waals surface area (Å²) in [5.74, 6) is 0.668. The minimum atomic E-state index is -0.799. The first kappa shape index (κ1) is 12.4. The summed E-state index contributed by atoms with van der Waals surface area (Å²) in [6, 6.07) is 7.32. The molecule has 0 aliphatic rings. The van der Waals surface area contributed by atoms with Gasteiger partial charge in [0.2, 0.25) is 0 Å². The average molecular weight is 224 g/mol. The molecular formula is C12H16O4. The topological polar surface area (TPSA) is 55.8 Å². The Morgan fingerprint density at radius 3 is 2.62 bits per heavy atom. The van der Waals surface area contributed by atoms with E-state index in [0.717, 1.165) is 5.75 Å². The Hall–Kier alpha value is -1.71. The molecule has 0 aliphatic carbocycles. The molecule has 1 N–H and O–H groups in total. The molecule has 0 radical (unpaired) electrons. The van der Waals surface area contributed by atoms with Gasteiger partial charge in [0, 0.05) is 12.5 Å². The first-order chi connectivity index (χ1) is 7.72. The molecule has 0 aromatic heterocycles. The lowest BCUT2D eigenvalue weighted by molar-refractivity contribution is -0.137. The zero-order valence-corrected chi connectivity index (χ0v) is 9.31. The summed E-state index contributed by atoms with van der Waals surface area (Å²) in [4.78, 5) is 10.3. The highest BCUT2D eigenvalue weighted by Gasteiger charge is 1.99. The van der Waals surface area contributed by atoms with Crippen molar-refractivity contribution >= 4 is 5.97 Å². The van der Waals surface area contributed by atoms with Crippen molar-refractivity contribution in [2.75, 3.05) is 13.2 Å². The van der Waals surface area contributed by atoms with Crippen molar-refractivity contribution in [1.82, 2.24) is 0 Å². The fourth-order valence-electron chi connectivity index (χ4n) is 1.23. The minimum Gasteiger partial charge on any atom is -0.494 e. The monoisotopic (exact) mass is 224 g/mol. The Labute approximate surface area is 94.8 Å². The summed E-state index contributed by atoms with van der Waals surface area (Å²) in [6.45, 7) is 2.94. The van der Waals surface area contributed by atoms with E-state index in [9.17, 15) is 4.79 Å². The summed E-state index contributed by atoms with van der Waals surface area (Å²) in [5, 5.41) is 8.45. The third kappa shape index (κ3) is 4.68. The fourth-order valence-corrected chi connectivity index (χ4v) is 1.23. The molecule has 0 saturated carbocycles. The quantitative estimate of drug-likeness (QED) is 0.722. The van der Waals surface area contributed by atoms with Crippen LogP contribution in [-0.4, -0.2) is 24.3 Å². The molecule has 0 unspecified atom stereocenters. The van der Waals surface area contributed by atoms with E-state index in [1.807, 2.05) is 25.1 Å². The predicted octanol–water partition coefficient (Wildman–Crippen LogP) is 2.33. The Kier molecular flexibility index (Phi) is 5.19. The van der Waals surface area contributed by atoms with E-state index in [4.69, 9.17) is 14.6 Å². The molecule has 1 aromatic rings. The van der Waals surface area contributed by atoms with Crippen LogP contribution >= 0.6 is 0 Å². The molecule has 1 rings (SSSR count). The first-order valence-electron chi connectivity index (χ1n) is 5.30. The number of ether oxygens (including phenoxy) is 2. The molecule has 1 aromatic carbocycles. The smallest absolute Gasteiger partial charge is 0.303 e. The molecule has 88 valence electrons. The normalized spacial score (nSPS) is 9.81. The molecule has 4 heteroatoms. The molecule has 16 heavy (non-hydrogen) atoms. The van der Waals surface area contributed by atoms with Gasteiger partial charge in [0.15, 0.2) is 0 Å². The number of hydrogen-bond acceptors (Lipinski definition) is 3. The number of benzene rings is 1. The average Bonchev–Trinajstić information content (AvgIpc) is 2.25. The van der Waals surface area contributed by atoms with E-state index >= 15 is 0 Å². The van der Waals surface area contributed by atoms with Gasteiger partial charge in [0.25, 0.3) is 0 Å². The van der Waals surface area contributed by atoms with Gasteiger partial charge < -0.3 is 14.6 Å². The number of carbonyl (C=O) groups is 1. The zero-order chi connectivity index (χ0) is 11.8. The molecule has 0 aliphatic heterocycles. The Balaban J connectivity index is 2.35. The van der Waals surface area contributed by atoms with Gasteiger partial charge in [-0.05, 0) is 25.5 Å². The summed E-state index contributed by atoms with van der Waals surface area (Å²) in [5.41, 5.74) is 0. The highest BCUT2D eigenvalue weighted by molar-refractivity contribution is 5.66. The molecule has 0 fully saturated rings. The number of carboxylic acids is 1. The van der Waals surface area contributed by atoms with Gasteiger partial charge in [-0.2, -0.15) is 0 Å². The van der Waals surface area contributed by atoms with Gasteiger partial charge in [-0.25, -0.2) is 0 Å². The van der Waals surface area contributed by atoms with Gasteiger partial charge in [0.05, 0.1) is 13.2 Å². The standard InChI is InChI=1S/C12H16O4/c1-2-15-10-5-3-6-11(9-10)16-8-4-7-12(13)14/h3,5-6,9H,2,4,7-8H2,1H3,(H,13,14). The Morgan fingerprint density at radius 2 is 2.00 bits per heavy atom. The molecule has 4 nitrogen and oxygen atoms in total. The van der Waals surface area contributed by atoms with Crippen molar-refractivity contribution < 1.29 is 19.4 Å². The van der Waals surface area contributed by atoms with E-state index in [2.05, 4.69) is 0 Å². The second-order valence-electron chi connectivity index (χ2n) is 3.25.